The summed E-state index contributed by atoms with van der Waals surface area (Å²) in [5, 5.41) is 8.77. The molecule has 6 heteroatoms. The van der Waals surface area contributed by atoms with Crippen molar-refractivity contribution in [2.75, 3.05) is 39.8 Å². The number of carbonyl (C=O) groups excluding carboxylic acids is 2. The predicted octanol–water partition coefficient (Wildman–Crippen LogP) is -1.08. The fourth-order valence-electron chi connectivity index (χ4n) is 2.06. The summed E-state index contributed by atoms with van der Waals surface area (Å²) in [5.41, 5.74) is 0. The number of piperidine rings is 1. The zero-order valence-electron chi connectivity index (χ0n) is 11.3. The van der Waals surface area contributed by atoms with Crippen LogP contribution >= 0.6 is 0 Å². The van der Waals surface area contributed by atoms with Crippen molar-refractivity contribution in [2.24, 2.45) is 0 Å². The lowest BCUT2D eigenvalue weighted by Gasteiger charge is -2.31. The number of carbonyl (C=O) groups is 2. The smallest absolute Gasteiger partial charge is 0.234 e. The number of amides is 2. The molecule has 104 valence electrons. The van der Waals surface area contributed by atoms with Crippen LogP contribution in [0.2, 0.25) is 0 Å². The number of hydrogen-bond donors (Lipinski definition) is 3. The SMILES string of the molecule is CC(=O)NCCNC(=O)CN(C)C1CCCNC1. The molecule has 0 radical (unpaired) electrons. The molecule has 0 aliphatic carbocycles. The summed E-state index contributed by atoms with van der Waals surface area (Å²) in [5.74, 6) is -0.0666. The molecule has 0 bridgehead atoms. The van der Waals surface area contributed by atoms with Gasteiger partial charge >= 0.3 is 0 Å². The first kappa shape index (κ1) is 14.9. The molecule has 0 aromatic rings. The molecule has 1 fully saturated rings. The third kappa shape index (κ3) is 5.97. The largest absolute Gasteiger partial charge is 0.355 e. The van der Waals surface area contributed by atoms with E-state index in [0.717, 1.165) is 19.5 Å². The zero-order chi connectivity index (χ0) is 13.4. The maximum Gasteiger partial charge on any atom is 0.234 e. The molecule has 3 N–H and O–H groups in total. The van der Waals surface area contributed by atoms with Crippen LogP contribution in [-0.2, 0) is 9.59 Å². The molecule has 0 spiro atoms. The topological polar surface area (TPSA) is 73.5 Å². The molecule has 6 nitrogen and oxygen atoms in total. The van der Waals surface area contributed by atoms with Crippen LogP contribution in [0.15, 0.2) is 0 Å². The van der Waals surface area contributed by atoms with Crippen LogP contribution in [0.5, 0.6) is 0 Å². The molecule has 1 rings (SSSR count). The van der Waals surface area contributed by atoms with E-state index in [9.17, 15) is 9.59 Å². The molecule has 0 aromatic carbocycles. The first-order chi connectivity index (χ1) is 8.59. The summed E-state index contributed by atoms with van der Waals surface area (Å²) in [7, 11) is 1.98. The van der Waals surface area contributed by atoms with E-state index >= 15 is 0 Å². The molecular weight excluding hydrogens is 232 g/mol. The molecule has 1 aliphatic heterocycles. The highest BCUT2D eigenvalue weighted by atomic mass is 16.2. The van der Waals surface area contributed by atoms with Crippen LogP contribution < -0.4 is 16.0 Å². The normalized spacial score (nSPS) is 19.6. The van der Waals surface area contributed by atoms with E-state index < -0.39 is 0 Å². The van der Waals surface area contributed by atoms with Crippen LogP contribution in [0.25, 0.3) is 0 Å². The highest BCUT2D eigenvalue weighted by Crippen LogP contribution is 2.07. The Morgan fingerprint density at radius 2 is 2.06 bits per heavy atom. The van der Waals surface area contributed by atoms with Crippen molar-refractivity contribution in [1.29, 1.82) is 0 Å². The van der Waals surface area contributed by atoms with Gasteiger partial charge in [0.15, 0.2) is 0 Å². The third-order valence-corrected chi connectivity index (χ3v) is 3.11. The van der Waals surface area contributed by atoms with Crippen molar-refractivity contribution in [2.45, 2.75) is 25.8 Å². The fourth-order valence-corrected chi connectivity index (χ4v) is 2.06. The van der Waals surface area contributed by atoms with Crippen molar-refractivity contribution in [1.82, 2.24) is 20.9 Å². The lowest BCUT2D eigenvalue weighted by Crippen LogP contribution is -2.48. The fraction of sp³-hybridized carbons (Fsp3) is 0.833. The van der Waals surface area contributed by atoms with E-state index in [1.54, 1.807) is 0 Å². The van der Waals surface area contributed by atoms with Crippen molar-refractivity contribution in [3.8, 4) is 0 Å². The second kappa shape index (κ2) is 8.05. The third-order valence-electron chi connectivity index (χ3n) is 3.11. The molecule has 2 amide bonds. The van der Waals surface area contributed by atoms with Crippen molar-refractivity contribution in [3.05, 3.63) is 0 Å². The molecule has 1 atom stereocenters. The first-order valence-corrected chi connectivity index (χ1v) is 6.51. The minimum absolute atomic E-state index is 0.00780. The minimum atomic E-state index is -0.0744. The van der Waals surface area contributed by atoms with E-state index in [0.29, 0.717) is 25.7 Å². The number of rotatable bonds is 6. The number of hydrogen-bond acceptors (Lipinski definition) is 4. The Morgan fingerprint density at radius 1 is 1.33 bits per heavy atom. The monoisotopic (exact) mass is 256 g/mol. The second-order valence-corrected chi connectivity index (χ2v) is 4.75. The van der Waals surface area contributed by atoms with Gasteiger partial charge < -0.3 is 16.0 Å². The molecule has 1 unspecified atom stereocenters. The highest BCUT2D eigenvalue weighted by Gasteiger charge is 2.19. The Labute approximate surface area is 108 Å². The van der Waals surface area contributed by atoms with Gasteiger partial charge in [-0.15, -0.1) is 0 Å². The van der Waals surface area contributed by atoms with E-state index in [2.05, 4.69) is 20.9 Å². The standard InChI is InChI=1S/C12H24N4O2/c1-10(17)14-6-7-15-12(18)9-16(2)11-4-3-5-13-8-11/h11,13H,3-9H2,1-2H3,(H,14,17)(H,15,18). The Kier molecular flexibility index (Phi) is 6.67. The second-order valence-electron chi connectivity index (χ2n) is 4.75. The highest BCUT2D eigenvalue weighted by molar-refractivity contribution is 5.78. The molecular formula is C12H24N4O2. The summed E-state index contributed by atoms with van der Waals surface area (Å²) in [6.45, 7) is 4.87. The van der Waals surface area contributed by atoms with Gasteiger partial charge in [-0.25, -0.2) is 0 Å². The average Bonchev–Trinajstić information content (AvgIpc) is 2.35. The van der Waals surface area contributed by atoms with E-state index in [4.69, 9.17) is 0 Å². The maximum absolute atomic E-state index is 11.7. The van der Waals surface area contributed by atoms with Gasteiger partial charge in [0, 0.05) is 32.6 Å². The predicted molar refractivity (Wildman–Crippen MR) is 70.2 cm³/mol. The Balaban J connectivity index is 2.12. The van der Waals surface area contributed by atoms with Gasteiger partial charge in [0.05, 0.1) is 6.54 Å². The Hall–Kier alpha value is -1.14. The summed E-state index contributed by atoms with van der Waals surface area (Å²) >= 11 is 0. The minimum Gasteiger partial charge on any atom is -0.355 e. The molecule has 1 aliphatic rings. The molecule has 0 saturated carbocycles. The van der Waals surface area contributed by atoms with E-state index in [-0.39, 0.29) is 11.8 Å². The summed E-state index contributed by atoms with van der Waals surface area (Å²) < 4.78 is 0. The maximum atomic E-state index is 11.7. The van der Waals surface area contributed by atoms with Crippen LogP contribution in [0.1, 0.15) is 19.8 Å². The van der Waals surface area contributed by atoms with Crippen LogP contribution in [0.4, 0.5) is 0 Å². The number of likely N-dealkylation sites (N-methyl/N-ethyl adjacent to an activating group) is 1. The summed E-state index contributed by atoms with van der Waals surface area (Å²) in [4.78, 5) is 24.4. The van der Waals surface area contributed by atoms with Gasteiger partial charge in [0.25, 0.3) is 0 Å². The van der Waals surface area contributed by atoms with Gasteiger partial charge in [-0.1, -0.05) is 0 Å². The molecule has 18 heavy (non-hydrogen) atoms. The van der Waals surface area contributed by atoms with Crippen LogP contribution in [0.3, 0.4) is 0 Å². The lowest BCUT2D eigenvalue weighted by molar-refractivity contribution is -0.123. The summed E-state index contributed by atoms with van der Waals surface area (Å²) in [6, 6.07) is 0.444. The molecule has 1 saturated heterocycles. The molecule has 0 aromatic heterocycles. The van der Waals surface area contributed by atoms with Crippen molar-refractivity contribution in [3.63, 3.8) is 0 Å². The average molecular weight is 256 g/mol. The van der Waals surface area contributed by atoms with Crippen LogP contribution in [-0.4, -0.2) is 62.5 Å². The lowest BCUT2D eigenvalue weighted by atomic mass is 10.1. The van der Waals surface area contributed by atoms with Gasteiger partial charge in [-0.05, 0) is 26.4 Å². The quantitative estimate of drug-likeness (QED) is 0.529. The van der Waals surface area contributed by atoms with Gasteiger partial charge in [0.2, 0.25) is 11.8 Å². The summed E-state index contributed by atoms with van der Waals surface area (Å²) in [6.07, 6.45) is 2.31. The van der Waals surface area contributed by atoms with Gasteiger partial charge in [-0.2, -0.15) is 0 Å². The zero-order valence-corrected chi connectivity index (χ0v) is 11.3. The van der Waals surface area contributed by atoms with Gasteiger partial charge in [0.1, 0.15) is 0 Å². The van der Waals surface area contributed by atoms with Crippen LogP contribution in [0, 0.1) is 0 Å². The number of nitrogens with zero attached hydrogens (tertiary/aromatic N) is 1. The number of nitrogens with one attached hydrogen (secondary N) is 3. The van der Waals surface area contributed by atoms with Crippen molar-refractivity contribution < 1.29 is 9.59 Å². The Morgan fingerprint density at radius 3 is 2.67 bits per heavy atom. The van der Waals surface area contributed by atoms with E-state index in [1.165, 1.54) is 13.3 Å². The van der Waals surface area contributed by atoms with Gasteiger partial charge in [-0.3, -0.25) is 14.5 Å². The van der Waals surface area contributed by atoms with E-state index in [1.807, 2.05) is 7.05 Å². The molecule has 1 heterocycles. The Bertz CT molecular complexity index is 277. The first-order valence-electron chi connectivity index (χ1n) is 6.51. The van der Waals surface area contributed by atoms with Crippen molar-refractivity contribution >= 4 is 11.8 Å².